The highest BCUT2D eigenvalue weighted by Crippen LogP contribution is 2.28. The summed E-state index contributed by atoms with van der Waals surface area (Å²) in [5, 5.41) is 12.5. The van der Waals surface area contributed by atoms with Gasteiger partial charge >= 0.3 is 0 Å². The summed E-state index contributed by atoms with van der Waals surface area (Å²) in [7, 11) is 0. The van der Waals surface area contributed by atoms with Crippen molar-refractivity contribution in [3.8, 4) is 11.4 Å². The average molecular weight is 624 g/mol. The molecule has 0 atom stereocenters. The first-order valence-electron chi connectivity index (χ1n) is 14.9. The number of ether oxygens (including phenoxy) is 1. The monoisotopic (exact) mass is 623 g/mol. The fraction of sp³-hybridized carbons (Fsp3) is 0.265. The number of anilines is 2. The van der Waals surface area contributed by atoms with Crippen molar-refractivity contribution in [3.05, 3.63) is 105 Å². The molecule has 3 N–H and O–H groups in total. The molecule has 46 heavy (non-hydrogen) atoms. The first-order chi connectivity index (χ1) is 21.9. The molecule has 236 valence electrons. The lowest BCUT2D eigenvalue weighted by atomic mass is 9.86. The van der Waals surface area contributed by atoms with Crippen LogP contribution in [0.25, 0.3) is 22.1 Å². The maximum Gasteiger partial charge on any atom is 0.282 e. The Labute approximate surface area is 264 Å². The van der Waals surface area contributed by atoms with Crippen LogP contribution >= 0.6 is 0 Å². The zero-order chi connectivity index (χ0) is 32.7. The highest BCUT2D eigenvalue weighted by Gasteiger charge is 2.22. The van der Waals surface area contributed by atoms with Gasteiger partial charge in [0.1, 0.15) is 11.4 Å². The fourth-order valence-corrected chi connectivity index (χ4v) is 5.48. The van der Waals surface area contributed by atoms with Gasteiger partial charge in [0.25, 0.3) is 17.4 Å². The van der Waals surface area contributed by atoms with E-state index in [9.17, 15) is 14.4 Å². The molecule has 1 fully saturated rings. The van der Waals surface area contributed by atoms with Gasteiger partial charge in [-0.15, -0.1) is 5.10 Å². The van der Waals surface area contributed by atoms with E-state index in [0.717, 1.165) is 5.56 Å². The van der Waals surface area contributed by atoms with Crippen molar-refractivity contribution in [1.29, 1.82) is 0 Å². The number of morpholine rings is 1. The van der Waals surface area contributed by atoms with Crippen LogP contribution in [-0.2, 0) is 10.2 Å². The molecule has 2 amide bonds. The number of nitrogens with zero attached hydrogens (tertiary/aromatic N) is 5. The molecule has 0 unspecified atom stereocenters. The molecule has 0 saturated carbocycles. The SMILES string of the molecule is Cc1c(-n2cc(C(N)=O)c(Nc3ccc(C(=O)N4CCOCC4)cc3)n2)cccc1-n1ncc2cc(C(C)(C)C)cc(F)c2c1=O. The molecular weight excluding hydrogens is 589 g/mol. The quantitative estimate of drug-likeness (QED) is 0.281. The minimum atomic E-state index is -0.695. The number of carbonyl (C=O) groups excluding carboxylic acids is 2. The second-order valence-corrected chi connectivity index (χ2v) is 12.3. The molecule has 1 aliphatic rings. The number of carbonyl (C=O) groups is 2. The van der Waals surface area contributed by atoms with Crippen LogP contribution < -0.4 is 16.6 Å². The Balaban J connectivity index is 1.32. The number of nitrogens with two attached hydrogens (primary N) is 1. The Bertz CT molecular complexity index is 2040. The van der Waals surface area contributed by atoms with Crippen LogP contribution in [0.15, 0.2) is 71.8 Å². The average Bonchev–Trinajstić information content (AvgIpc) is 3.45. The van der Waals surface area contributed by atoms with E-state index in [1.807, 2.05) is 20.8 Å². The lowest BCUT2D eigenvalue weighted by Crippen LogP contribution is -2.40. The number of benzene rings is 3. The van der Waals surface area contributed by atoms with Crippen molar-refractivity contribution >= 4 is 34.1 Å². The summed E-state index contributed by atoms with van der Waals surface area (Å²) in [5.74, 6) is -1.17. The number of amides is 2. The molecule has 12 heteroatoms. The van der Waals surface area contributed by atoms with Crippen molar-refractivity contribution in [1.82, 2.24) is 24.5 Å². The second-order valence-electron chi connectivity index (χ2n) is 12.3. The lowest BCUT2D eigenvalue weighted by Gasteiger charge is -2.26. The van der Waals surface area contributed by atoms with Crippen LogP contribution in [0.5, 0.6) is 0 Å². The Morgan fingerprint density at radius 1 is 1.02 bits per heavy atom. The third-order valence-electron chi connectivity index (χ3n) is 8.13. The number of halogens is 1. The van der Waals surface area contributed by atoms with E-state index in [2.05, 4.69) is 15.5 Å². The van der Waals surface area contributed by atoms with E-state index in [0.29, 0.717) is 59.9 Å². The first kappa shape index (κ1) is 30.7. The Morgan fingerprint density at radius 2 is 1.72 bits per heavy atom. The van der Waals surface area contributed by atoms with Crippen molar-refractivity contribution < 1.29 is 18.7 Å². The summed E-state index contributed by atoms with van der Waals surface area (Å²) in [6.45, 7) is 9.81. The van der Waals surface area contributed by atoms with E-state index in [4.69, 9.17) is 10.5 Å². The number of aromatic nitrogens is 4. The van der Waals surface area contributed by atoms with Gasteiger partial charge in [-0.05, 0) is 66.4 Å². The van der Waals surface area contributed by atoms with Gasteiger partial charge in [0.15, 0.2) is 5.82 Å². The van der Waals surface area contributed by atoms with Crippen LogP contribution in [0.3, 0.4) is 0 Å². The molecule has 11 nitrogen and oxygen atoms in total. The molecule has 0 spiro atoms. The number of hydrogen-bond donors (Lipinski definition) is 2. The minimum absolute atomic E-state index is 0.0490. The third kappa shape index (κ3) is 5.74. The van der Waals surface area contributed by atoms with Crippen molar-refractivity contribution in [2.45, 2.75) is 33.1 Å². The highest BCUT2D eigenvalue weighted by atomic mass is 19.1. The summed E-state index contributed by atoms with van der Waals surface area (Å²) in [4.78, 5) is 40.5. The molecule has 3 heterocycles. The van der Waals surface area contributed by atoms with Gasteiger partial charge in [-0.25, -0.2) is 9.07 Å². The van der Waals surface area contributed by atoms with Crippen LogP contribution in [0.1, 0.15) is 52.6 Å². The smallest absolute Gasteiger partial charge is 0.282 e. The van der Waals surface area contributed by atoms with E-state index >= 15 is 4.39 Å². The Hall–Kier alpha value is -5.36. The van der Waals surface area contributed by atoms with E-state index in [-0.39, 0.29) is 28.1 Å². The Kier molecular flexibility index (Phi) is 7.90. The number of nitrogens with one attached hydrogen (secondary N) is 1. The number of hydrogen-bond acceptors (Lipinski definition) is 7. The fourth-order valence-electron chi connectivity index (χ4n) is 5.48. The molecule has 6 rings (SSSR count). The molecule has 3 aromatic carbocycles. The molecule has 0 bridgehead atoms. The molecular formula is C34H34FN7O4. The standard InChI is InChI=1S/C34H34FN7O4/c1-20-27(6-5-7-28(20)42-33(45)29-22(18-37-42)16-23(17-26(29)35)34(2,3)4)41-19-25(30(36)43)31(39-41)38-24-10-8-21(9-11-24)32(44)40-12-14-46-15-13-40/h5-11,16-19H,12-15H2,1-4H3,(H2,36,43)(H,38,39). The van der Waals surface area contributed by atoms with Crippen molar-refractivity contribution in [2.75, 3.05) is 31.6 Å². The summed E-state index contributed by atoms with van der Waals surface area (Å²) in [6, 6.07) is 15.3. The van der Waals surface area contributed by atoms with Crippen molar-refractivity contribution in [3.63, 3.8) is 0 Å². The first-order valence-corrected chi connectivity index (χ1v) is 14.9. The predicted octanol–water partition coefficient (Wildman–Crippen LogP) is 4.63. The highest BCUT2D eigenvalue weighted by molar-refractivity contribution is 5.98. The molecule has 5 aromatic rings. The third-order valence-corrected chi connectivity index (χ3v) is 8.13. The van der Waals surface area contributed by atoms with Gasteiger partial charge in [-0.2, -0.15) is 9.78 Å². The summed E-state index contributed by atoms with van der Waals surface area (Å²) in [6.07, 6.45) is 2.99. The van der Waals surface area contributed by atoms with Crippen LogP contribution in [0, 0.1) is 12.7 Å². The number of primary amides is 1. The van der Waals surface area contributed by atoms with Crippen LogP contribution in [0.2, 0.25) is 0 Å². The molecule has 1 saturated heterocycles. The lowest BCUT2D eigenvalue weighted by molar-refractivity contribution is 0.0303. The number of rotatable bonds is 6. The minimum Gasteiger partial charge on any atom is -0.378 e. The zero-order valence-corrected chi connectivity index (χ0v) is 26.0. The summed E-state index contributed by atoms with van der Waals surface area (Å²) >= 11 is 0. The summed E-state index contributed by atoms with van der Waals surface area (Å²) < 4.78 is 23.3. The summed E-state index contributed by atoms with van der Waals surface area (Å²) in [5.41, 5.74) is 8.43. The molecule has 0 aliphatic carbocycles. The largest absolute Gasteiger partial charge is 0.378 e. The molecule has 1 aliphatic heterocycles. The number of fused-ring (bicyclic) bond motifs is 1. The maximum absolute atomic E-state index is 15.3. The van der Waals surface area contributed by atoms with Gasteiger partial charge in [-0.1, -0.05) is 26.8 Å². The molecule has 0 radical (unpaired) electrons. The van der Waals surface area contributed by atoms with Gasteiger partial charge in [0.05, 0.1) is 36.2 Å². The van der Waals surface area contributed by atoms with Gasteiger partial charge < -0.3 is 20.7 Å². The normalized spacial score (nSPS) is 13.6. The second kappa shape index (κ2) is 11.9. The van der Waals surface area contributed by atoms with Crippen molar-refractivity contribution in [2.24, 2.45) is 5.73 Å². The Morgan fingerprint density at radius 3 is 2.39 bits per heavy atom. The van der Waals surface area contributed by atoms with Crippen LogP contribution in [0.4, 0.5) is 15.9 Å². The van der Waals surface area contributed by atoms with Gasteiger partial charge in [0, 0.05) is 41.5 Å². The van der Waals surface area contributed by atoms with Crippen LogP contribution in [-0.4, -0.2) is 62.6 Å². The van der Waals surface area contributed by atoms with E-state index < -0.39 is 17.3 Å². The van der Waals surface area contributed by atoms with E-state index in [1.165, 1.54) is 27.8 Å². The van der Waals surface area contributed by atoms with E-state index in [1.54, 1.807) is 60.4 Å². The molecule has 2 aromatic heterocycles. The van der Waals surface area contributed by atoms with Gasteiger partial charge in [0.2, 0.25) is 0 Å². The topological polar surface area (TPSA) is 137 Å². The maximum atomic E-state index is 15.3. The zero-order valence-electron chi connectivity index (χ0n) is 26.0. The predicted molar refractivity (Wildman–Crippen MR) is 173 cm³/mol. The van der Waals surface area contributed by atoms with Gasteiger partial charge in [-0.3, -0.25) is 14.4 Å².